The molecule has 0 amide bonds. The summed E-state index contributed by atoms with van der Waals surface area (Å²) in [5.41, 5.74) is 0.464. The van der Waals surface area contributed by atoms with Gasteiger partial charge in [0.2, 0.25) is 0 Å². The molecule has 1 heterocycles. The fraction of sp³-hybridized carbons (Fsp3) is 1.00. The molecule has 0 aromatic heterocycles. The van der Waals surface area contributed by atoms with E-state index in [-0.39, 0.29) is 0 Å². The molecule has 0 N–H and O–H groups in total. The van der Waals surface area contributed by atoms with Crippen molar-refractivity contribution in [1.29, 1.82) is 0 Å². The van der Waals surface area contributed by atoms with Gasteiger partial charge in [-0.3, -0.25) is 4.90 Å². The lowest BCUT2D eigenvalue weighted by Gasteiger charge is -2.36. The zero-order chi connectivity index (χ0) is 8.32. The molecular weight excluding hydrogens is 134 g/mol. The van der Waals surface area contributed by atoms with Gasteiger partial charge in [-0.15, -0.1) is 0 Å². The Hall–Kier alpha value is -0.0400. The molecule has 0 aromatic carbocycles. The van der Waals surface area contributed by atoms with Crippen LogP contribution in [-0.4, -0.2) is 23.5 Å². The number of hydrogen-bond acceptors (Lipinski definition) is 1. The first kappa shape index (κ1) is 9.05. The van der Waals surface area contributed by atoms with Crippen molar-refractivity contribution in [3.63, 3.8) is 0 Å². The van der Waals surface area contributed by atoms with Crippen LogP contribution in [0.3, 0.4) is 0 Å². The van der Waals surface area contributed by atoms with Gasteiger partial charge in [0.25, 0.3) is 0 Å². The van der Waals surface area contributed by atoms with E-state index in [9.17, 15) is 0 Å². The lowest BCUT2D eigenvalue weighted by Crippen LogP contribution is -2.42. The lowest BCUT2D eigenvalue weighted by molar-refractivity contribution is 0.130. The molecule has 1 saturated heterocycles. The van der Waals surface area contributed by atoms with Crippen molar-refractivity contribution in [2.45, 2.75) is 52.0 Å². The van der Waals surface area contributed by atoms with Crippen LogP contribution in [0.25, 0.3) is 0 Å². The highest BCUT2D eigenvalue weighted by atomic mass is 15.2. The van der Waals surface area contributed by atoms with Gasteiger partial charge in [0, 0.05) is 5.54 Å². The fourth-order valence-electron chi connectivity index (χ4n) is 2.08. The molecule has 0 bridgehead atoms. The van der Waals surface area contributed by atoms with Gasteiger partial charge < -0.3 is 0 Å². The Kier molecular flexibility index (Phi) is 2.94. The van der Waals surface area contributed by atoms with Crippen LogP contribution in [0, 0.1) is 0 Å². The predicted octanol–water partition coefficient (Wildman–Crippen LogP) is 2.66. The number of hydrogen-bond donors (Lipinski definition) is 0. The Labute approximate surface area is 70.8 Å². The van der Waals surface area contributed by atoms with E-state index in [1.54, 1.807) is 0 Å². The third kappa shape index (κ3) is 2.19. The maximum absolute atomic E-state index is 2.61. The van der Waals surface area contributed by atoms with Gasteiger partial charge in [-0.05, 0) is 39.8 Å². The molecule has 1 rings (SSSR count). The molecule has 1 nitrogen and oxygen atoms in total. The number of likely N-dealkylation sites (tertiary alicyclic amines) is 1. The van der Waals surface area contributed by atoms with Crippen LogP contribution >= 0.6 is 0 Å². The number of nitrogens with zero attached hydrogens (tertiary/aromatic N) is 1. The molecule has 1 heteroatoms. The summed E-state index contributed by atoms with van der Waals surface area (Å²) in [4.78, 5) is 2.61. The van der Waals surface area contributed by atoms with Crippen molar-refractivity contribution in [3.8, 4) is 0 Å². The van der Waals surface area contributed by atoms with E-state index in [1.807, 2.05) is 0 Å². The van der Waals surface area contributed by atoms with E-state index in [1.165, 1.54) is 38.8 Å². The standard InChI is InChI=1S/C10H21N/c1-4-11-9-7-5-6-8-10(11,2)3/h4-9H2,1-3H3. The van der Waals surface area contributed by atoms with Crippen LogP contribution in [0.5, 0.6) is 0 Å². The smallest absolute Gasteiger partial charge is 0.0153 e. The number of rotatable bonds is 1. The third-order valence-corrected chi connectivity index (χ3v) is 2.95. The van der Waals surface area contributed by atoms with E-state index < -0.39 is 0 Å². The van der Waals surface area contributed by atoms with Crippen molar-refractivity contribution < 1.29 is 0 Å². The molecular formula is C10H21N. The van der Waals surface area contributed by atoms with Gasteiger partial charge in [0.1, 0.15) is 0 Å². The Balaban J connectivity index is 2.56. The molecule has 66 valence electrons. The molecule has 0 aromatic rings. The van der Waals surface area contributed by atoms with Gasteiger partial charge >= 0.3 is 0 Å². The van der Waals surface area contributed by atoms with Gasteiger partial charge in [0.15, 0.2) is 0 Å². The van der Waals surface area contributed by atoms with Crippen LogP contribution in [-0.2, 0) is 0 Å². The molecule has 0 saturated carbocycles. The Morgan fingerprint density at radius 1 is 1.18 bits per heavy atom. The summed E-state index contributed by atoms with van der Waals surface area (Å²) < 4.78 is 0. The van der Waals surface area contributed by atoms with Crippen LogP contribution in [0.1, 0.15) is 46.5 Å². The highest BCUT2D eigenvalue weighted by Crippen LogP contribution is 2.25. The Morgan fingerprint density at radius 3 is 2.55 bits per heavy atom. The summed E-state index contributed by atoms with van der Waals surface area (Å²) in [5.74, 6) is 0. The molecule has 0 unspecified atom stereocenters. The van der Waals surface area contributed by atoms with Gasteiger partial charge in [-0.2, -0.15) is 0 Å². The highest BCUT2D eigenvalue weighted by Gasteiger charge is 2.26. The summed E-state index contributed by atoms with van der Waals surface area (Å²) in [6.45, 7) is 9.55. The van der Waals surface area contributed by atoms with Crippen LogP contribution in [0.2, 0.25) is 0 Å². The summed E-state index contributed by atoms with van der Waals surface area (Å²) >= 11 is 0. The minimum absolute atomic E-state index is 0.464. The Morgan fingerprint density at radius 2 is 1.91 bits per heavy atom. The van der Waals surface area contributed by atoms with Crippen molar-refractivity contribution in [2.75, 3.05) is 13.1 Å². The summed E-state index contributed by atoms with van der Waals surface area (Å²) in [5, 5.41) is 0. The second-order valence-corrected chi connectivity index (χ2v) is 4.20. The van der Waals surface area contributed by atoms with Crippen LogP contribution in [0.15, 0.2) is 0 Å². The maximum atomic E-state index is 2.61. The lowest BCUT2D eigenvalue weighted by atomic mass is 9.97. The Bertz CT molecular complexity index is 118. The molecule has 0 aliphatic carbocycles. The van der Waals surface area contributed by atoms with Gasteiger partial charge in [-0.25, -0.2) is 0 Å². The second-order valence-electron chi connectivity index (χ2n) is 4.20. The molecule has 11 heavy (non-hydrogen) atoms. The molecule has 0 atom stereocenters. The van der Waals surface area contributed by atoms with Gasteiger partial charge in [-0.1, -0.05) is 19.8 Å². The summed E-state index contributed by atoms with van der Waals surface area (Å²) in [6.07, 6.45) is 5.63. The molecule has 1 fully saturated rings. The molecule has 1 aliphatic heterocycles. The zero-order valence-electron chi connectivity index (χ0n) is 8.19. The zero-order valence-corrected chi connectivity index (χ0v) is 8.19. The average Bonchev–Trinajstić information content (AvgIpc) is 2.10. The fourth-order valence-corrected chi connectivity index (χ4v) is 2.08. The molecule has 0 spiro atoms. The first-order valence-corrected chi connectivity index (χ1v) is 4.92. The van der Waals surface area contributed by atoms with E-state index >= 15 is 0 Å². The largest absolute Gasteiger partial charge is 0.298 e. The minimum atomic E-state index is 0.464. The van der Waals surface area contributed by atoms with E-state index in [0.717, 1.165) is 0 Å². The normalized spacial score (nSPS) is 26.5. The average molecular weight is 155 g/mol. The van der Waals surface area contributed by atoms with Crippen LogP contribution in [0.4, 0.5) is 0 Å². The molecule has 1 aliphatic rings. The first-order valence-electron chi connectivity index (χ1n) is 4.92. The van der Waals surface area contributed by atoms with Gasteiger partial charge in [0.05, 0.1) is 0 Å². The second kappa shape index (κ2) is 3.57. The summed E-state index contributed by atoms with van der Waals surface area (Å²) in [6, 6.07) is 0. The van der Waals surface area contributed by atoms with Crippen molar-refractivity contribution in [3.05, 3.63) is 0 Å². The minimum Gasteiger partial charge on any atom is -0.298 e. The molecule has 0 radical (unpaired) electrons. The predicted molar refractivity (Wildman–Crippen MR) is 49.8 cm³/mol. The monoisotopic (exact) mass is 155 g/mol. The maximum Gasteiger partial charge on any atom is 0.0153 e. The van der Waals surface area contributed by atoms with Crippen LogP contribution < -0.4 is 0 Å². The quantitative estimate of drug-likeness (QED) is 0.562. The third-order valence-electron chi connectivity index (χ3n) is 2.95. The van der Waals surface area contributed by atoms with E-state index in [4.69, 9.17) is 0 Å². The van der Waals surface area contributed by atoms with Crippen molar-refractivity contribution >= 4 is 0 Å². The summed E-state index contributed by atoms with van der Waals surface area (Å²) in [7, 11) is 0. The highest BCUT2D eigenvalue weighted by molar-refractivity contribution is 4.82. The topological polar surface area (TPSA) is 3.24 Å². The van der Waals surface area contributed by atoms with E-state index in [2.05, 4.69) is 25.7 Å². The van der Waals surface area contributed by atoms with Crippen molar-refractivity contribution in [2.24, 2.45) is 0 Å². The van der Waals surface area contributed by atoms with E-state index in [0.29, 0.717) is 5.54 Å². The first-order chi connectivity index (χ1) is 5.17. The van der Waals surface area contributed by atoms with Crippen molar-refractivity contribution in [1.82, 2.24) is 4.90 Å². The SMILES string of the molecule is CCN1CCCCCC1(C)C.